The smallest absolute Gasteiger partial charge is 0.00947 e. The molecule has 1 unspecified atom stereocenters. The van der Waals surface area contributed by atoms with Crippen molar-refractivity contribution in [1.29, 1.82) is 0 Å². The molecule has 1 heteroatoms. The maximum absolute atomic E-state index is 3.49. The van der Waals surface area contributed by atoms with Crippen LogP contribution in [-0.2, 0) is 0 Å². The van der Waals surface area contributed by atoms with Gasteiger partial charge in [-0.3, -0.25) is 0 Å². The lowest BCUT2D eigenvalue weighted by Crippen LogP contribution is -2.47. The van der Waals surface area contributed by atoms with Gasteiger partial charge in [-0.15, -0.1) is 0 Å². The SMILES string of the molecule is CCNC(C)C(C)(C)C(C)(C)C. The Balaban J connectivity index is 4.38. The van der Waals surface area contributed by atoms with Gasteiger partial charge in [-0.05, 0) is 24.3 Å². The van der Waals surface area contributed by atoms with E-state index in [9.17, 15) is 0 Å². The fourth-order valence-corrected chi connectivity index (χ4v) is 1.21. The number of nitrogens with one attached hydrogen (secondary N) is 1. The van der Waals surface area contributed by atoms with Gasteiger partial charge in [-0.25, -0.2) is 0 Å². The molecule has 0 saturated heterocycles. The van der Waals surface area contributed by atoms with Crippen LogP contribution in [-0.4, -0.2) is 12.6 Å². The zero-order valence-electron chi connectivity index (χ0n) is 9.78. The van der Waals surface area contributed by atoms with Crippen LogP contribution < -0.4 is 5.32 Å². The molecule has 0 spiro atoms. The van der Waals surface area contributed by atoms with Crippen LogP contribution in [0.25, 0.3) is 0 Å². The minimum atomic E-state index is 0.336. The summed E-state index contributed by atoms with van der Waals surface area (Å²) in [5.74, 6) is 0. The highest BCUT2D eigenvalue weighted by Gasteiger charge is 2.37. The lowest BCUT2D eigenvalue weighted by Gasteiger charge is -2.44. The Morgan fingerprint density at radius 3 is 1.75 bits per heavy atom. The van der Waals surface area contributed by atoms with Crippen molar-refractivity contribution in [3.8, 4) is 0 Å². The van der Waals surface area contributed by atoms with Crippen LogP contribution in [0.2, 0.25) is 0 Å². The number of hydrogen-bond acceptors (Lipinski definition) is 1. The predicted octanol–water partition coefficient (Wildman–Crippen LogP) is 3.06. The molecule has 0 bridgehead atoms. The van der Waals surface area contributed by atoms with Gasteiger partial charge in [0.1, 0.15) is 0 Å². The average molecular weight is 171 g/mol. The Morgan fingerprint density at radius 1 is 1.08 bits per heavy atom. The molecule has 0 aliphatic carbocycles. The van der Waals surface area contributed by atoms with Gasteiger partial charge >= 0.3 is 0 Å². The molecule has 74 valence electrons. The van der Waals surface area contributed by atoms with Gasteiger partial charge in [0.15, 0.2) is 0 Å². The highest BCUT2D eigenvalue weighted by atomic mass is 14.9. The van der Waals surface area contributed by atoms with Crippen LogP contribution in [0.5, 0.6) is 0 Å². The van der Waals surface area contributed by atoms with E-state index in [2.05, 4.69) is 53.8 Å². The van der Waals surface area contributed by atoms with Gasteiger partial charge in [0.2, 0.25) is 0 Å². The molecule has 1 atom stereocenters. The van der Waals surface area contributed by atoms with Gasteiger partial charge in [-0.2, -0.15) is 0 Å². The van der Waals surface area contributed by atoms with Crippen molar-refractivity contribution in [2.45, 2.75) is 54.5 Å². The van der Waals surface area contributed by atoms with E-state index < -0.39 is 0 Å². The van der Waals surface area contributed by atoms with Crippen molar-refractivity contribution >= 4 is 0 Å². The molecular formula is C11H25N. The first-order chi connectivity index (χ1) is 5.23. The van der Waals surface area contributed by atoms with E-state index in [0.29, 0.717) is 16.9 Å². The summed E-state index contributed by atoms with van der Waals surface area (Å²) in [5.41, 5.74) is 0.692. The fraction of sp³-hybridized carbons (Fsp3) is 1.00. The largest absolute Gasteiger partial charge is 0.314 e. The van der Waals surface area contributed by atoms with Crippen molar-refractivity contribution in [3.05, 3.63) is 0 Å². The molecule has 0 aromatic heterocycles. The summed E-state index contributed by atoms with van der Waals surface area (Å²) in [7, 11) is 0. The summed E-state index contributed by atoms with van der Waals surface area (Å²) in [6, 6.07) is 0.572. The summed E-state index contributed by atoms with van der Waals surface area (Å²) >= 11 is 0. The molecule has 0 aromatic rings. The molecule has 1 nitrogen and oxygen atoms in total. The molecule has 0 rings (SSSR count). The molecule has 0 aromatic carbocycles. The van der Waals surface area contributed by atoms with E-state index in [1.165, 1.54) is 0 Å². The Labute approximate surface area is 77.9 Å². The molecular weight excluding hydrogens is 146 g/mol. The monoisotopic (exact) mass is 171 g/mol. The number of hydrogen-bond donors (Lipinski definition) is 1. The van der Waals surface area contributed by atoms with Crippen LogP contribution in [0.15, 0.2) is 0 Å². The molecule has 1 N–H and O–H groups in total. The molecule has 0 aliphatic heterocycles. The van der Waals surface area contributed by atoms with E-state index in [1.807, 2.05) is 0 Å². The van der Waals surface area contributed by atoms with Crippen LogP contribution in [0, 0.1) is 10.8 Å². The highest BCUT2D eigenvalue weighted by Crippen LogP contribution is 2.40. The Bertz CT molecular complexity index is 130. The minimum Gasteiger partial charge on any atom is -0.314 e. The predicted molar refractivity (Wildman–Crippen MR) is 56.4 cm³/mol. The molecule has 12 heavy (non-hydrogen) atoms. The van der Waals surface area contributed by atoms with Crippen LogP contribution in [0.4, 0.5) is 0 Å². The van der Waals surface area contributed by atoms with Crippen LogP contribution in [0.3, 0.4) is 0 Å². The molecule has 0 fully saturated rings. The lowest BCUT2D eigenvalue weighted by atomic mass is 9.65. The van der Waals surface area contributed by atoms with E-state index in [1.54, 1.807) is 0 Å². The Morgan fingerprint density at radius 2 is 1.50 bits per heavy atom. The Kier molecular flexibility index (Phi) is 3.77. The first-order valence-electron chi connectivity index (χ1n) is 4.97. The third kappa shape index (κ3) is 2.48. The zero-order valence-corrected chi connectivity index (χ0v) is 9.78. The highest BCUT2D eigenvalue weighted by molar-refractivity contribution is 4.90. The van der Waals surface area contributed by atoms with Crippen molar-refractivity contribution in [2.24, 2.45) is 10.8 Å². The van der Waals surface area contributed by atoms with E-state index >= 15 is 0 Å². The van der Waals surface area contributed by atoms with Crippen molar-refractivity contribution in [3.63, 3.8) is 0 Å². The maximum Gasteiger partial charge on any atom is 0.00947 e. The molecule has 0 radical (unpaired) electrons. The third-order valence-corrected chi connectivity index (χ3v) is 3.53. The van der Waals surface area contributed by atoms with Crippen molar-refractivity contribution < 1.29 is 0 Å². The first-order valence-corrected chi connectivity index (χ1v) is 4.97. The lowest BCUT2D eigenvalue weighted by molar-refractivity contribution is 0.0871. The summed E-state index contributed by atoms with van der Waals surface area (Å²) < 4.78 is 0. The second-order valence-electron chi connectivity index (χ2n) is 5.25. The average Bonchev–Trinajstić information content (AvgIpc) is 1.85. The second kappa shape index (κ2) is 3.78. The minimum absolute atomic E-state index is 0.336. The third-order valence-electron chi connectivity index (χ3n) is 3.53. The Hall–Kier alpha value is -0.0400. The molecule has 0 aliphatic rings. The van der Waals surface area contributed by atoms with Gasteiger partial charge < -0.3 is 5.32 Å². The molecule has 0 amide bonds. The van der Waals surface area contributed by atoms with Gasteiger partial charge in [0.05, 0.1) is 0 Å². The molecule has 0 heterocycles. The second-order valence-corrected chi connectivity index (χ2v) is 5.25. The first kappa shape index (κ1) is 12.0. The molecule has 0 saturated carbocycles. The van der Waals surface area contributed by atoms with Crippen molar-refractivity contribution in [2.75, 3.05) is 6.54 Å². The van der Waals surface area contributed by atoms with E-state index in [4.69, 9.17) is 0 Å². The topological polar surface area (TPSA) is 12.0 Å². The zero-order chi connectivity index (χ0) is 9.99. The van der Waals surface area contributed by atoms with Crippen LogP contribution in [0.1, 0.15) is 48.5 Å². The quantitative estimate of drug-likeness (QED) is 0.688. The summed E-state index contributed by atoms with van der Waals surface area (Å²) in [5, 5.41) is 3.49. The van der Waals surface area contributed by atoms with Gasteiger partial charge in [-0.1, -0.05) is 41.5 Å². The summed E-state index contributed by atoms with van der Waals surface area (Å²) in [4.78, 5) is 0. The van der Waals surface area contributed by atoms with Crippen molar-refractivity contribution in [1.82, 2.24) is 5.32 Å². The fourth-order valence-electron chi connectivity index (χ4n) is 1.21. The maximum atomic E-state index is 3.49. The van der Waals surface area contributed by atoms with Crippen LogP contribution >= 0.6 is 0 Å². The van der Waals surface area contributed by atoms with Gasteiger partial charge in [0.25, 0.3) is 0 Å². The normalized spacial score (nSPS) is 16.2. The summed E-state index contributed by atoms with van der Waals surface area (Å²) in [6.07, 6.45) is 0. The van der Waals surface area contributed by atoms with E-state index in [-0.39, 0.29) is 0 Å². The van der Waals surface area contributed by atoms with Gasteiger partial charge in [0, 0.05) is 6.04 Å². The number of rotatable bonds is 3. The van der Waals surface area contributed by atoms with E-state index in [0.717, 1.165) is 6.54 Å². The standard InChI is InChI=1S/C11H25N/c1-8-12-9(2)11(6,7)10(3,4)5/h9,12H,8H2,1-7H3. The summed E-state index contributed by atoms with van der Waals surface area (Å²) in [6.45, 7) is 17.1.